The van der Waals surface area contributed by atoms with E-state index in [4.69, 9.17) is 4.52 Å². The molecule has 1 aliphatic carbocycles. The number of carbonyl (C=O) groups excluding carboxylic acids is 1. The van der Waals surface area contributed by atoms with Gasteiger partial charge in [-0.2, -0.15) is 4.98 Å². The third-order valence-corrected chi connectivity index (χ3v) is 4.84. The molecule has 1 fully saturated rings. The van der Waals surface area contributed by atoms with Gasteiger partial charge in [0.1, 0.15) is 17.7 Å². The highest BCUT2D eigenvalue weighted by Crippen LogP contribution is 2.48. The van der Waals surface area contributed by atoms with Crippen LogP contribution >= 0.6 is 0 Å². The average Bonchev–Trinajstić information content (AvgIpc) is 3.33. The molecule has 1 aromatic heterocycles. The number of aromatic nitrogens is 2. The molecule has 1 atom stereocenters. The molecule has 0 saturated heterocycles. The summed E-state index contributed by atoms with van der Waals surface area (Å²) in [7, 11) is 0. The zero-order chi connectivity index (χ0) is 19.0. The van der Waals surface area contributed by atoms with Crippen LogP contribution in [0.4, 0.5) is 8.78 Å². The fourth-order valence-electron chi connectivity index (χ4n) is 3.06. The van der Waals surface area contributed by atoms with Crippen molar-refractivity contribution in [2.75, 3.05) is 0 Å². The number of nitrogens with one attached hydrogen (secondary N) is 1. The van der Waals surface area contributed by atoms with Crippen LogP contribution in [0.25, 0.3) is 11.4 Å². The molecule has 27 heavy (non-hydrogen) atoms. The highest BCUT2D eigenvalue weighted by atomic mass is 19.1. The molecule has 1 heterocycles. The summed E-state index contributed by atoms with van der Waals surface area (Å²) < 4.78 is 31.4. The lowest BCUT2D eigenvalue weighted by Gasteiger charge is -2.18. The SMILES string of the molecule is C[C@H](NC(=O)C1(c2ccc(F)cc2)CC1)c1nc(-c2ccc(F)cc2)no1. The number of hydrogen-bond acceptors (Lipinski definition) is 4. The summed E-state index contributed by atoms with van der Waals surface area (Å²) in [5.41, 5.74) is 0.794. The average molecular weight is 369 g/mol. The highest BCUT2D eigenvalue weighted by Gasteiger charge is 2.51. The molecule has 0 spiro atoms. The number of amides is 1. The molecule has 138 valence electrons. The molecule has 1 saturated carbocycles. The van der Waals surface area contributed by atoms with Crippen LogP contribution in [0.2, 0.25) is 0 Å². The van der Waals surface area contributed by atoms with E-state index in [1.807, 2.05) is 0 Å². The predicted octanol–water partition coefficient (Wildman–Crippen LogP) is 3.92. The Bertz CT molecular complexity index is 964. The Morgan fingerprint density at radius 2 is 1.67 bits per heavy atom. The van der Waals surface area contributed by atoms with Crippen LogP contribution < -0.4 is 5.32 Å². The first-order valence-corrected chi connectivity index (χ1v) is 8.64. The van der Waals surface area contributed by atoms with Crippen molar-refractivity contribution in [1.29, 1.82) is 0 Å². The van der Waals surface area contributed by atoms with E-state index in [9.17, 15) is 13.6 Å². The van der Waals surface area contributed by atoms with E-state index in [2.05, 4.69) is 15.5 Å². The third kappa shape index (κ3) is 3.32. The molecule has 2 aromatic carbocycles. The van der Waals surface area contributed by atoms with Crippen LogP contribution in [0, 0.1) is 11.6 Å². The van der Waals surface area contributed by atoms with Gasteiger partial charge in [-0.05, 0) is 61.7 Å². The predicted molar refractivity (Wildman–Crippen MR) is 93.6 cm³/mol. The van der Waals surface area contributed by atoms with E-state index < -0.39 is 11.5 Å². The maximum absolute atomic E-state index is 13.1. The normalized spacial score (nSPS) is 16.0. The quantitative estimate of drug-likeness (QED) is 0.740. The lowest BCUT2D eigenvalue weighted by atomic mass is 9.94. The Morgan fingerprint density at radius 3 is 2.26 bits per heavy atom. The van der Waals surface area contributed by atoms with Crippen molar-refractivity contribution in [1.82, 2.24) is 15.5 Å². The lowest BCUT2D eigenvalue weighted by molar-refractivity contribution is -0.124. The Hall–Kier alpha value is -3.09. The van der Waals surface area contributed by atoms with Gasteiger partial charge in [-0.3, -0.25) is 4.79 Å². The van der Waals surface area contributed by atoms with Crippen molar-refractivity contribution < 1.29 is 18.1 Å². The van der Waals surface area contributed by atoms with E-state index in [1.165, 1.54) is 24.3 Å². The first-order chi connectivity index (χ1) is 13.0. The summed E-state index contributed by atoms with van der Waals surface area (Å²) in [6.45, 7) is 1.75. The Balaban J connectivity index is 1.48. The molecule has 0 unspecified atom stereocenters. The summed E-state index contributed by atoms with van der Waals surface area (Å²) in [6, 6.07) is 11.3. The summed E-state index contributed by atoms with van der Waals surface area (Å²) in [6.07, 6.45) is 1.42. The van der Waals surface area contributed by atoms with Gasteiger partial charge in [-0.25, -0.2) is 8.78 Å². The van der Waals surface area contributed by atoms with Crippen LogP contribution in [0.1, 0.15) is 37.3 Å². The van der Waals surface area contributed by atoms with Gasteiger partial charge >= 0.3 is 0 Å². The fraction of sp³-hybridized carbons (Fsp3) is 0.250. The van der Waals surface area contributed by atoms with Gasteiger partial charge in [0.15, 0.2) is 0 Å². The number of carbonyl (C=O) groups is 1. The highest BCUT2D eigenvalue weighted by molar-refractivity contribution is 5.91. The van der Waals surface area contributed by atoms with E-state index in [-0.39, 0.29) is 23.4 Å². The van der Waals surface area contributed by atoms with Crippen molar-refractivity contribution in [3.8, 4) is 11.4 Å². The standard InChI is InChI=1S/C20H17F2N3O2/c1-12(18-24-17(25-27-18)13-2-6-15(21)7-3-13)23-19(26)20(10-11-20)14-4-8-16(22)9-5-14/h2-9,12H,10-11H2,1H3,(H,23,26)/t12-/m0/s1. The fourth-order valence-corrected chi connectivity index (χ4v) is 3.06. The second kappa shape index (κ2) is 6.57. The maximum Gasteiger partial charge on any atom is 0.249 e. The van der Waals surface area contributed by atoms with Crippen LogP contribution in [0.15, 0.2) is 53.1 Å². The van der Waals surface area contributed by atoms with Crippen LogP contribution in [0.5, 0.6) is 0 Å². The van der Waals surface area contributed by atoms with Crippen LogP contribution in [0.3, 0.4) is 0 Å². The maximum atomic E-state index is 13.1. The number of hydrogen-bond donors (Lipinski definition) is 1. The van der Waals surface area contributed by atoms with Gasteiger partial charge in [0, 0.05) is 5.56 Å². The van der Waals surface area contributed by atoms with Gasteiger partial charge in [0.25, 0.3) is 0 Å². The zero-order valence-electron chi connectivity index (χ0n) is 14.6. The summed E-state index contributed by atoms with van der Waals surface area (Å²) >= 11 is 0. The summed E-state index contributed by atoms with van der Waals surface area (Å²) in [5.74, 6) is -0.243. The molecule has 3 aromatic rings. The molecular formula is C20H17F2N3O2. The monoisotopic (exact) mass is 369 g/mol. The molecular weight excluding hydrogens is 352 g/mol. The molecule has 1 N–H and O–H groups in total. The van der Waals surface area contributed by atoms with E-state index in [0.717, 1.165) is 5.56 Å². The van der Waals surface area contributed by atoms with Gasteiger partial charge in [0.05, 0.1) is 5.41 Å². The molecule has 4 rings (SSSR count). The third-order valence-electron chi connectivity index (χ3n) is 4.84. The smallest absolute Gasteiger partial charge is 0.249 e. The second-order valence-corrected chi connectivity index (χ2v) is 6.75. The number of rotatable bonds is 5. The van der Waals surface area contributed by atoms with Crippen molar-refractivity contribution in [3.63, 3.8) is 0 Å². The molecule has 0 bridgehead atoms. The van der Waals surface area contributed by atoms with Crippen molar-refractivity contribution in [3.05, 3.63) is 71.6 Å². The van der Waals surface area contributed by atoms with Crippen molar-refractivity contribution in [2.45, 2.75) is 31.2 Å². The molecule has 7 heteroatoms. The Morgan fingerprint density at radius 1 is 1.07 bits per heavy atom. The lowest BCUT2D eigenvalue weighted by Crippen LogP contribution is -2.36. The zero-order valence-corrected chi connectivity index (χ0v) is 14.6. The minimum Gasteiger partial charge on any atom is -0.344 e. The van der Waals surface area contributed by atoms with Crippen molar-refractivity contribution in [2.24, 2.45) is 0 Å². The summed E-state index contributed by atoms with van der Waals surface area (Å²) in [4.78, 5) is 17.1. The number of halogens is 2. The van der Waals surface area contributed by atoms with Crippen LogP contribution in [-0.2, 0) is 10.2 Å². The van der Waals surface area contributed by atoms with Crippen LogP contribution in [-0.4, -0.2) is 16.0 Å². The number of nitrogens with zero attached hydrogens (tertiary/aromatic N) is 2. The van der Waals surface area contributed by atoms with Gasteiger partial charge in [-0.1, -0.05) is 17.3 Å². The minimum absolute atomic E-state index is 0.150. The minimum atomic E-state index is -0.623. The first-order valence-electron chi connectivity index (χ1n) is 8.64. The second-order valence-electron chi connectivity index (χ2n) is 6.75. The van der Waals surface area contributed by atoms with Gasteiger partial charge in [-0.15, -0.1) is 0 Å². The summed E-state index contributed by atoms with van der Waals surface area (Å²) in [5, 5.41) is 6.79. The molecule has 0 radical (unpaired) electrons. The Kier molecular flexibility index (Phi) is 4.22. The molecule has 1 amide bonds. The van der Waals surface area contributed by atoms with Gasteiger partial charge in [0.2, 0.25) is 17.6 Å². The molecule has 0 aliphatic heterocycles. The van der Waals surface area contributed by atoms with Crippen molar-refractivity contribution >= 4 is 5.91 Å². The van der Waals surface area contributed by atoms with Gasteiger partial charge < -0.3 is 9.84 Å². The Labute approximate surface area is 154 Å². The number of benzene rings is 2. The molecule has 1 aliphatic rings. The van der Waals surface area contributed by atoms with E-state index in [1.54, 1.807) is 31.2 Å². The van der Waals surface area contributed by atoms with E-state index in [0.29, 0.717) is 24.2 Å². The topological polar surface area (TPSA) is 68.0 Å². The van der Waals surface area contributed by atoms with E-state index >= 15 is 0 Å². The molecule has 5 nitrogen and oxygen atoms in total. The largest absolute Gasteiger partial charge is 0.344 e. The first kappa shape index (κ1) is 17.3.